The number of rotatable bonds is 5. The number of nitrogens with one attached hydrogen (secondary N) is 1. The Hall–Kier alpha value is -0.900. The number of likely N-dealkylation sites (N-methyl/N-ethyl adjacent to an activating group) is 1. The van der Waals surface area contributed by atoms with Crippen molar-refractivity contribution in [2.24, 2.45) is 0 Å². The maximum absolute atomic E-state index is 5.83. The highest BCUT2D eigenvalue weighted by Gasteiger charge is 2.26. The standard InChI is InChI=1S/C17H28N2O/c1-13-10-16(11-14(2)20-13)18-17(12-19(3)4)15-8-6-5-7-9-15/h5-9,13-14,16-18H,10-12H2,1-4H3. The van der Waals surface area contributed by atoms with Crippen LogP contribution in [0.3, 0.4) is 0 Å². The van der Waals surface area contributed by atoms with E-state index >= 15 is 0 Å². The zero-order valence-electron chi connectivity index (χ0n) is 13.2. The maximum Gasteiger partial charge on any atom is 0.0565 e. The van der Waals surface area contributed by atoms with Gasteiger partial charge in [0.15, 0.2) is 0 Å². The van der Waals surface area contributed by atoms with Crippen molar-refractivity contribution in [2.75, 3.05) is 20.6 Å². The van der Waals surface area contributed by atoms with Crippen molar-refractivity contribution < 1.29 is 4.74 Å². The maximum atomic E-state index is 5.83. The summed E-state index contributed by atoms with van der Waals surface area (Å²) in [7, 11) is 4.26. The SMILES string of the molecule is CC1CC(NC(CN(C)C)c2ccccc2)CC(C)O1. The van der Waals surface area contributed by atoms with Gasteiger partial charge in [0, 0.05) is 18.6 Å². The first kappa shape index (κ1) is 15.5. The minimum Gasteiger partial charge on any atom is -0.375 e. The van der Waals surface area contributed by atoms with Crippen LogP contribution in [0.2, 0.25) is 0 Å². The number of hydrogen-bond donors (Lipinski definition) is 1. The average Bonchev–Trinajstić information content (AvgIpc) is 2.37. The number of hydrogen-bond acceptors (Lipinski definition) is 3. The molecule has 0 bridgehead atoms. The molecule has 20 heavy (non-hydrogen) atoms. The Balaban J connectivity index is 2.04. The second kappa shape index (κ2) is 7.21. The van der Waals surface area contributed by atoms with Gasteiger partial charge in [0.1, 0.15) is 0 Å². The molecular weight excluding hydrogens is 248 g/mol. The predicted molar refractivity (Wildman–Crippen MR) is 83.9 cm³/mol. The fourth-order valence-electron chi connectivity index (χ4n) is 3.13. The summed E-state index contributed by atoms with van der Waals surface area (Å²) < 4.78 is 5.83. The average molecular weight is 276 g/mol. The van der Waals surface area contributed by atoms with E-state index in [1.165, 1.54) is 5.56 Å². The van der Waals surface area contributed by atoms with Gasteiger partial charge < -0.3 is 15.0 Å². The minimum absolute atomic E-state index is 0.354. The first-order valence-corrected chi connectivity index (χ1v) is 7.65. The second-order valence-electron chi connectivity index (χ2n) is 6.32. The highest BCUT2D eigenvalue weighted by atomic mass is 16.5. The Morgan fingerprint density at radius 1 is 1.15 bits per heavy atom. The van der Waals surface area contributed by atoms with Gasteiger partial charge in [0.05, 0.1) is 12.2 Å². The lowest BCUT2D eigenvalue weighted by Gasteiger charge is -2.36. The lowest BCUT2D eigenvalue weighted by atomic mass is 9.97. The molecule has 1 aromatic carbocycles. The van der Waals surface area contributed by atoms with E-state index in [4.69, 9.17) is 4.74 Å². The zero-order valence-corrected chi connectivity index (χ0v) is 13.2. The van der Waals surface area contributed by atoms with Crippen molar-refractivity contribution in [1.29, 1.82) is 0 Å². The third kappa shape index (κ3) is 4.58. The molecule has 0 saturated carbocycles. The van der Waals surface area contributed by atoms with Gasteiger partial charge in [-0.25, -0.2) is 0 Å². The van der Waals surface area contributed by atoms with Crippen LogP contribution in [0.25, 0.3) is 0 Å². The van der Waals surface area contributed by atoms with Crippen molar-refractivity contribution >= 4 is 0 Å². The monoisotopic (exact) mass is 276 g/mol. The van der Waals surface area contributed by atoms with Crippen LogP contribution < -0.4 is 5.32 Å². The second-order valence-corrected chi connectivity index (χ2v) is 6.32. The minimum atomic E-state index is 0.354. The van der Waals surface area contributed by atoms with E-state index in [9.17, 15) is 0 Å². The normalized spacial score (nSPS) is 28.6. The molecule has 3 atom stereocenters. The Labute approximate surface area is 123 Å². The molecule has 0 amide bonds. The molecule has 1 N–H and O–H groups in total. The van der Waals surface area contributed by atoms with Crippen LogP contribution in [0.1, 0.15) is 38.3 Å². The van der Waals surface area contributed by atoms with Crippen molar-refractivity contribution in [3.05, 3.63) is 35.9 Å². The lowest BCUT2D eigenvalue weighted by Crippen LogP contribution is -2.44. The van der Waals surface area contributed by atoms with Crippen LogP contribution in [0.5, 0.6) is 0 Å². The molecule has 1 saturated heterocycles. The molecule has 0 aliphatic carbocycles. The summed E-state index contributed by atoms with van der Waals surface area (Å²) in [5.41, 5.74) is 1.37. The fraction of sp³-hybridized carbons (Fsp3) is 0.647. The van der Waals surface area contributed by atoms with Gasteiger partial charge in [0.25, 0.3) is 0 Å². The Kier molecular flexibility index (Phi) is 5.58. The summed E-state index contributed by atoms with van der Waals surface area (Å²) in [6.07, 6.45) is 2.90. The van der Waals surface area contributed by atoms with E-state index < -0.39 is 0 Å². The molecule has 1 aromatic rings. The van der Waals surface area contributed by atoms with Crippen LogP contribution in [0, 0.1) is 0 Å². The number of ether oxygens (including phenoxy) is 1. The van der Waals surface area contributed by atoms with Gasteiger partial charge in [-0.2, -0.15) is 0 Å². The predicted octanol–water partition coefficient (Wildman–Crippen LogP) is 2.83. The Morgan fingerprint density at radius 2 is 1.75 bits per heavy atom. The highest BCUT2D eigenvalue weighted by Crippen LogP contribution is 2.23. The molecule has 112 valence electrons. The highest BCUT2D eigenvalue weighted by molar-refractivity contribution is 5.19. The van der Waals surface area contributed by atoms with Crippen LogP contribution in [-0.4, -0.2) is 43.8 Å². The summed E-state index contributed by atoms with van der Waals surface area (Å²) in [6.45, 7) is 5.37. The smallest absolute Gasteiger partial charge is 0.0565 e. The molecular formula is C17H28N2O. The van der Waals surface area contributed by atoms with Crippen LogP contribution in [0.15, 0.2) is 30.3 Å². The van der Waals surface area contributed by atoms with E-state index in [2.05, 4.69) is 68.5 Å². The molecule has 2 rings (SSSR count). The van der Waals surface area contributed by atoms with Gasteiger partial charge in [-0.3, -0.25) is 0 Å². The lowest BCUT2D eigenvalue weighted by molar-refractivity contribution is -0.0439. The molecule has 0 spiro atoms. The third-order valence-electron chi connectivity index (χ3n) is 3.88. The van der Waals surface area contributed by atoms with E-state index in [0.717, 1.165) is 19.4 Å². The van der Waals surface area contributed by atoms with Crippen molar-refractivity contribution in [2.45, 2.75) is 51.0 Å². The molecule has 3 heteroatoms. The summed E-state index contributed by atoms with van der Waals surface area (Å²) in [5.74, 6) is 0. The Bertz CT molecular complexity index is 383. The largest absolute Gasteiger partial charge is 0.375 e. The van der Waals surface area contributed by atoms with Gasteiger partial charge >= 0.3 is 0 Å². The van der Waals surface area contributed by atoms with Crippen molar-refractivity contribution in [1.82, 2.24) is 10.2 Å². The number of benzene rings is 1. The first-order chi connectivity index (χ1) is 9.54. The molecule has 1 aliphatic rings. The van der Waals surface area contributed by atoms with Gasteiger partial charge in [-0.05, 0) is 46.3 Å². The van der Waals surface area contributed by atoms with Gasteiger partial charge in [0.2, 0.25) is 0 Å². The van der Waals surface area contributed by atoms with Crippen LogP contribution >= 0.6 is 0 Å². The van der Waals surface area contributed by atoms with E-state index in [0.29, 0.717) is 24.3 Å². The number of nitrogens with zero attached hydrogens (tertiary/aromatic N) is 1. The quantitative estimate of drug-likeness (QED) is 0.895. The summed E-state index contributed by atoms with van der Waals surface area (Å²) in [6, 6.07) is 11.7. The van der Waals surface area contributed by atoms with Crippen LogP contribution in [-0.2, 0) is 4.74 Å². The molecule has 3 nitrogen and oxygen atoms in total. The summed E-state index contributed by atoms with van der Waals surface area (Å²) >= 11 is 0. The molecule has 1 aliphatic heterocycles. The molecule has 3 unspecified atom stereocenters. The topological polar surface area (TPSA) is 24.5 Å². The zero-order chi connectivity index (χ0) is 14.5. The summed E-state index contributed by atoms with van der Waals surface area (Å²) in [5, 5.41) is 3.84. The molecule has 0 aromatic heterocycles. The van der Waals surface area contributed by atoms with E-state index in [1.807, 2.05) is 0 Å². The van der Waals surface area contributed by atoms with E-state index in [1.54, 1.807) is 0 Å². The van der Waals surface area contributed by atoms with Crippen LogP contribution in [0.4, 0.5) is 0 Å². The summed E-state index contributed by atoms with van der Waals surface area (Å²) in [4.78, 5) is 2.25. The molecule has 1 heterocycles. The van der Waals surface area contributed by atoms with Gasteiger partial charge in [-0.15, -0.1) is 0 Å². The third-order valence-corrected chi connectivity index (χ3v) is 3.88. The molecule has 1 fully saturated rings. The molecule has 0 radical (unpaired) electrons. The Morgan fingerprint density at radius 3 is 2.30 bits per heavy atom. The first-order valence-electron chi connectivity index (χ1n) is 7.65. The van der Waals surface area contributed by atoms with Gasteiger partial charge in [-0.1, -0.05) is 30.3 Å². The van der Waals surface area contributed by atoms with Crippen molar-refractivity contribution in [3.63, 3.8) is 0 Å². The fourth-order valence-corrected chi connectivity index (χ4v) is 3.13. The van der Waals surface area contributed by atoms with E-state index in [-0.39, 0.29) is 0 Å². The van der Waals surface area contributed by atoms with Crippen molar-refractivity contribution in [3.8, 4) is 0 Å².